The van der Waals surface area contributed by atoms with E-state index < -0.39 is 17.5 Å². The molecule has 1 aromatic rings. The van der Waals surface area contributed by atoms with Gasteiger partial charge in [-0.25, -0.2) is 13.2 Å². The Labute approximate surface area is 128 Å². The van der Waals surface area contributed by atoms with Crippen LogP contribution in [0.1, 0.15) is 31.7 Å². The molecule has 0 bridgehead atoms. The van der Waals surface area contributed by atoms with Crippen LogP contribution in [-0.4, -0.2) is 29.9 Å². The topological polar surface area (TPSA) is 46.3 Å². The molecule has 0 saturated carbocycles. The van der Waals surface area contributed by atoms with Crippen LogP contribution in [0.4, 0.5) is 13.2 Å². The van der Waals surface area contributed by atoms with Gasteiger partial charge < -0.3 is 10.6 Å². The second-order valence-corrected chi connectivity index (χ2v) is 5.80. The van der Waals surface area contributed by atoms with Crippen molar-refractivity contribution in [3.8, 4) is 0 Å². The number of carbonyl (C=O) groups excluding carboxylic acids is 1. The number of carbonyl (C=O) groups is 1. The quantitative estimate of drug-likeness (QED) is 0.869. The van der Waals surface area contributed by atoms with Crippen LogP contribution in [0.5, 0.6) is 0 Å². The van der Waals surface area contributed by atoms with E-state index in [1.165, 1.54) is 0 Å². The number of rotatable bonds is 4. The summed E-state index contributed by atoms with van der Waals surface area (Å²) in [5, 5.41) is 0. The van der Waals surface area contributed by atoms with Crippen molar-refractivity contribution in [3.63, 3.8) is 0 Å². The Morgan fingerprint density at radius 3 is 2.41 bits per heavy atom. The molecule has 3 nitrogen and oxygen atoms in total. The van der Waals surface area contributed by atoms with E-state index in [9.17, 15) is 18.0 Å². The van der Waals surface area contributed by atoms with Crippen LogP contribution in [0.2, 0.25) is 0 Å². The van der Waals surface area contributed by atoms with E-state index in [4.69, 9.17) is 5.73 Å². The third-order valence-electron chi connectivity index (χ3n) is 4.35. The van der Waals surface area contributed by atoms with Gasteiger partial charge >= 0.3 is 0 Å². The minimum atomic E-state index is -1.19. The van der Waals surface area contributed by atoms with E-state index in [-0.39, 0.29) is 29.9 Å². The molecule has 1 atom stereocenters. The Morgan fingerprint density at radius 1 is 1.23 bits per heavy atom. The molecule has 0 aromatic heterocycles. The molecule has 2 rings (SSSR count). The first-order chi connectivity index (χ1) is 10.4. The molecule has 1 aromatic carbocycles. The maximum Gasteiger partial charge on any atom is 0.222 e. The normalized spacial score (nSPS) is 17.6. The van der Waals surface area contributed by atoms with E-state index in [2.05, 4.69) is 0 Å². The minimum absolute atomic E-state index is 0.0958. The molecule has 0 unspecified atom stereocenters. The lowest BCUT2D eigenvalue weighted by molar-refractivity contribution is -0.132. The number of halogens is 3. The van der Waals surface area contributed by atoms with Gasteiger partial charge in [-0.2, -0.15) is 0 Å². The summed E-state index contributed by atoms with van der Waals surface area (Å²) in [7, 11) is 0. The Balaban J connectivity index is 1.95. The van der Waals surface area contributed by atoms with Crippen molar-refractivity contribution in [1.82, 2.24) is 4.90 Å². The fourth-order valence-electron chi connectivity index (χ4n) is 2.94. The van der Waals surface area contributed by atoms with Crippen molar-refractivity contribution < 1.29 is 18.0 Å². The van der Waals surface area contributed by atoms with Gasteiger partial charge in [-0.15, -0.1) is 0 Å². The van der Waals surface area contributed by atoms with Crippen LogP contribution >= 0.6 is 0 Å². The summed E-state index contributed by atoms with van der Waals surface area (Å²) in [6.45, 7) is 3.11. The lowest BCUT2D eigenvalue weighted by atomic mass is 9.86. The summed E-state index contributed by atoms with van der Waals surface area (Å²) >= 11 is 0. The maximum atomic E-state index is 13.7. The molecule has 0 aliphatic carbocycles. The number of benzene rings is 1. The third kappa shape index (κ3) is 3.80. The molecule has 6 heteroatoms. The van der Waals surface area contributed by atoms with Gasteiger partial charge in [0.25, 0.3) is 0 Å². The molecule has 1 saturated heterocycles. The Kier molecular flexibility index (Phi) is 5.45. The third-order valence-corrected chi connectivity index (χ3v) is 4.35. The van der Waals surface area contributed by atoms with Crippen molar-refractivity contribution in [3.05, 3.63) is 35.1 Å². The van der Waals surface area contributed by atoms with Crippen LogP contribution in [0.25, 0.3) is 0 Å². The second kappa shape index (κ2) is 7.13. The summed E-state index contributed by atoms with van der Waals surface area (Å²) in [6.07, 6.45) is 2.14. The lowest BCUT2D eigenvalue weighted by Crippen LogP contribution is -2.44. The second-order valence-electron chi connectivity index (χ2n) is 5.80. The number of piperidine rings is 1. The van der Waals surface area contributed by atoms with Gasteiger partial charge in [0.2, 0.25) is 5.91 Å². The number of nitrogens with zero attached hydrogens (tertiary/aromatic N) is 1. The molecule has 0 spiro atoms. The summed E-state index contributed by atoms with van der Waals surface area (Å²) in [4.78, 5) is 13.4. The van der Waals surface area contributed by atoms with E-state index in [0.717, 1.165) is 18.9 Å². The van der Waals surface area contributed by atoms with Crippen LogP contribution in [0.3, 0.4) is 0 Å². The van der Waals surface area contributed by atoms with Crippen LogP contribution in [-0.2, 0) is 11.2 Å². The summed E-state index contributed by atoms with van der Waals surface area (Å²) in [5.74, 6) is -2.76. The fourth-order valence-corrected chi connectivity index (χ4v) is 2.94. The van der Waals surface area contributed by atoms with Crippen LogP contribution < -0.4 is 5.73 Å². The zero-order chi connectivity index (χ0) is 16.3. The van der Waals surface area contributed by atoms with Gasteiger partial charge in [-0.05, 0) is 36.8 Å². The molecular formula is C16H21F3N2O. The first-order valence-corrected chi connectivity index (χ1v) is 7.59. The van der Waals surface area contributed by atoms with Crippen molar-refractivity contribution >= 4 is 5.91 Å². The first-order valence-electron chi connectivity index (χ1n) is 7.59. The molecule has 2 N–H and O–H groups in total. The zero-order valence-electron chi connectivity index (χ0n) is 12.6. The predicted molar refractivity (Wildman–Crippen MR) is 77.6 cm³/mol. The largest absolute Gasteiger partial charge is 0.343 e. The number of amides is 1. The maximum absolute atomic E-state index is 13.7. The van der Waals surface area contributed by atoms with Gasteiger partial charge in [0.1, 0.15) is 5.82 Å². The molecule has 0 radical (unpaired) electrons. The number of nitrogens with two attached hydrogens (primary N) is 1. The molecule has 1 aliphatic rings. The highest BCUT2D eigenvalue weighted by Gasteiger charge is 2.27. The van der Waals surface area contributed by atoms with Gasteiger partial charge in [0, 0.05) is 31.6 Å². The predicted octanol–water partition coefficient (Wildman–Crippen LogP) is 2.62. The molecule has 1 amide bonds. The Morgan fingerprint density at radius 2 is 1.82 bits per heavy atom. The van der Waals surface area contributed by atoms with Crippen molar-refractivity contribution in [2.24, 2.45) is 11.7 Å². The smallest absolute Gasteiger partial charge is 0.222 e. The molecule has 1 aliphatic heterocycles. The first kappa shape index (κ1) is 16.8. The van der Waals surface area contributed by atoms with E-state index in [1.807, 2.05) is 6.92 Å². The average Bonchev–Trinajstić information content (AvgIpc) is 2.52. The standard InChI is InChI=1S/C16H21F3N2O/c1-2-16(22)21-5-3-10(4-6-21)15(20)8-11-7-13(18)14(19)9-12(11)17/h7,9-10,15H,2-6,8,20H2,1H3/t15-/m1/s1. The summed E-state index contributed by atoms with van der Waals surface area (Å²) in [6, 6.07) is 1.10. The van der Waals surface area contributed by atoms with E-state index in [0.29, 0.717) is 25.6 Å². The number of likely N-dealkylation sites (tertiary alicyclic amines) is 1. The van der Waals surface area contributed by atoms with E-state index in [1.54, 1.807) is 4.90 Å². The van der Waals surface area contributed by atoms with Crippen molar-refractivity contribution in [2.75, 3.05) is 13.1 Å². The highest BCUT2D eigenvalue weighted by atomic mass is 19.2. The Bertz CT molecular complexity index is 542. The van der Waals surface area contributed by atoms with Gasteiger partial charge in [-0.3, -0.25) is 4.79 Å². The SMILES string of the molecule is CCC(=O)N1CCC([C@H](N)Cc2cc(F)c(F)cc2F)CC1. The molecule has 22 heavy (non-hydrogen) atoms. The Hall–Kier alpha value is -1.56. The number of hydrogen-bond acceptors (Lipinski definition) is 2. The summed E-state index contributed by atoms with van der Waals surface area (Å²) < 4.78 is 39.8. The molecule has 122 valence electrons. The molecule has 1 fully saturated rings. The van der Waals surface area contributed by atoms with E-state index >= 15 is 0 Å². The summed E-state index contributed by atoms with van der Waals surface area (Å²) in [5.41, 5.74) is 6.20. The fraction of sp³-hybridized carbons (Fsp3) is 0.562. The van der Waals surface area contributed by atoms with Crippen LogP contribution in [0.15, 0.2) is 12.1 Å². The minimum Gasteiger partial charge on any atom is -0.343 e. The van der Waals surface area contributed by atoms with Gasteiger partial charge in [0.15, 0.2) is 11.6 Å². The van der Waals surface area contributed by atoms with Crippen molar-refractivity contribution in [2.45, 2.75) is 38.6 Å². The van der Waals surface area contributed by atoms with Crippen molar-refractivity contribution in [1.29, 1.82) is 0 Å². The lowest BCUT2D eigenvalue weighted by Gasteiger charge is -2.34. The van der Waals surface area contributed by atoms with Gasteiger partial charge in [0.05, 0.1) is 0 Å². The van der Waals surface area contributed by atoms with Gasteiger partial charge in [-0.1, -0.05) is 6.92 Å². The van der Waals surface area contributed by atoms with Crippen LogP contribution in [0, 0.1) is 23.4 Å². The highest BCUT2D eigenvalue weighted by molar-refractivity contribution is 5.75. The highest BCUT2D eigenvalue weighted by Crippen LogP contribution is 2.24. The molecule has 1 heterocycles. The number of hydrogen-bond donors (Lipinski definition) is 1. The zero-order valence-corrected chi connectivity index (χ0v) is 12.6. The average molecular weight is 314 g/mol. The monoisotopic (exact) mass is 314 g/mol. The molecular weight excluding hydrogens is 293 g/mol.